The molecule has 0 aromatic heterocycles. The molecule has 0 radical (unpaired) electrons. The number of carbonyl (C=O) groups is 1. The van der Waals surface area contributed by atoms with Crippen molar-refractivity contribution in [3.63, 3.8) is 0 Å². The van der Waals surface area contributed by atoms with Gasteiger partial charge in [-0.05, 0) is 30.0 Å². The molecule has 2 aromatic rings. The number of para-hydroxylation sites is 1. The van der Waals surface area contributed by atoms with Gasteiger partial charge in [0.25, 0.3) is 0 Å². The van der Waals surface area contributed by atoms with Crippen LogP contribution in [0.3, 0.4) is 0 Å². The quantitative estimate of drug-likeness (QED) is 0.761. The number of rotatable bonds is 6. The Balaban J connectivity index is 1.50. The minimum Gasteiger partial charge on any atom is -0.491 e. The molecule has 0 saturated carbocycles. The van der Waals surface area contributed by atoms with E-state index in [2.05, 4.69) is 22.8 Å². The molecule has 3 rings (SSSR count). The number of aliphatic hydroxyl groups excluding tert-OH is 1. The molecule has 5 heteroatoms. The third kappa shape index (κ3) is 4.06. The summed E-state index contributed by atoms with van der Waals surface area (Å²) in [4.78, 5) is 12.1. The number of benzene rings is 2. The fourth-order valence-electron chi connectivity index (χ4n) is 3.02. The molecule has 0 fully saturated rings. The van der Waals surface area contributed by atoms with Gasteiger partial charge in [-0.2, -0.15) is 0 Å². The molecule has 0 saturated heterocycles. The van der Waals surface area contributed by atoms with Crippen molar-refractivity contribution < 1.29 is 14.6 Å². The lowest BCUT2D eigenvalue weighted by molar-refractivity contribution is 0.200. The first-order valence-electron chi connectivity index (χ1n) is 8.19. The van der Waals surface area contributed by atoms with Crippen LogP contribution < -0.4 is 15.4 Å². The van der Waals surface area contributed by atoms with Crippen molar-refractivity contribution in [3.8, 4) is 5.75 Å². The summed E-state index contributed by atoms with van der Waals surface area (Å²) in [5.74, 6) is 0.681. The van der Waals surface area contributed by atoms with Gasteiger partial charge >= 0.3 is 6.03 Å². The van der Waals surface area contributed by atoms with Crippen molar-refractivity contribution in [1.82, 2.24) is 10.6 Å². The number of hydrogen-bond donors (Lipinski definition) is 3. The van der Waals surface area contributed by atoms with Gasteiger partial charge in [-0.25, -0.2) is 4.79 Å². The Morgan fingerprint density at radius 3 is 2.46 bits per heavy atom. The molecular weight excluding hydrogens is 304 g/mol. The van der Waals surface area contributed by atoms with Crippen LogP contribution in [0.1, 0.15) is 16.7 Å². The van der Waals surface area contributed by atoms with Crippen LogP contribution in [0.25, 0.3) is 0 Å². The zero-order valence-electron chi connectivity index (χ0n) is 13.5. The first kappa shape index (κ1) is 16.3. The SMILES string of the molecule is O=C(NCc1ccccc1OCCO)NC1Cc2ccccc2C1. The van der Waals surface area contributed by atoms with Gasteiger partial charge in [-0.3, -0.25) is 0 Å². The number of ether oxygens (including phenoxy) is 1. The second kappa shape index (κ2) is 7.84. The van der Waals surface area contributed by atoms with Crippen molar-refractivity contribution in [2.45, 2.75) is 25.4 Å². The lowest BCUT2D eigenvalue weighted by Gasteiger charge is -2.15. The first-order chi connectivity index (χ1) is 11.8. The van der Waals surface area contributed by atoms with E-state index in [9.17, 15) is 4.79 Å². The predicted molar refractivity (Wildman–Crippen MR) is 92.0 cm³/mol. The van der Waals surface area contributed by atoms with Crippen LogP contribution in [0.15, 0.2) is 48.5 Å². The van der Waals surface area contributed by atoms with E-state index in [1.807, 2.05) is 36.4 Å². The summed E-state index contributed by atoms with van der Waals surface area (Å²) in [7, 11) is 0. The highest BCUT2D eigenvalue weighted by Crippen LogP contribution is 2.21. The molecule has 0 bridgehead atoms. The number of fused-ring (bicyclic) bond motifs is 1. The van der Waals surface area contributed by atoms with Crippen LogP contribution in [0.4, 0.5) is 4.79 Å². The van der Waals surface area contributed by atoms with Crippen molar-refractivity contribution in [2.75, 3.05) is 13.2 Å². The van der Waals surface area contributed by atoms with Crippen LogP contribution in [-0.4, -0.2) is 30.4 Å². The summed E-state index contributed by atoms with van der Waals surface area (Å²) in [6.45, 7) is 0.584. The number of amides is 2. The molecule has 0 aliphatic heterocycles. The van der Waals surface area contributed by atoms with Gasteiger partial charge in [0, 0.05) is 18.2 Å². The Morgan fingerprint density at radius 2 is 1.75 bits per heavy atom. The molecule has 126 valence electrons. The molecule has 0 unspecified atom stereocenters. The molecule has 5 nitrogen and oxygen atoms in total. The van der Waals surface area contributed by atoms with Gasteiger partial charge < -0.3 is 20.5 Å². The van der Waals surface area contributed by atoms with E-state index < -0.39 is 0 Å². The summed E-state index contributed by atoms with van der Waals surface area (Å²) >= 11 is 0. The van der Waals surface area contributed by atoms with Gasteiger partial charge in [0.2, 0.25) is 0 Å². The molecule has 24 heavy (non-hydrogen) atoms. The minimum atomic E-state index is -0.176. The summed E-state index contributed by atoms with van der Waals surface area (Å²) < 4.78 is 5.47. The third-order valence-corrected chi connectivity index (χ3v) is 4.15. The smallest absolute Gasteiger partial charge is 0.315 e. The van der Waals surface area contributed by atoms with E-state index in [1.165, 1.54) is 11.1 Å². The van der Waals surface area contributed by atoms with Crippen molar-refractivity contribution in [3.05, 3.63) is 65.2 Å². The van der Waals surface area contributed by atoms with Gasteiger partial charge in [0.05, 0.1) is 6.61 Å². The molecule has 0 heterocycles. The zero-order valence-corrected chi connectivity index (χ0v) is 13.5. The lowest BCUT2D eigenvalue weighted by atomic mass is 10.1. The molecule has 0 atom stereocenters. The highest BCUT2D eigenvalue weighted by Gasteiger charge is 2.22. The fourth-order valence-corrected chi connectivity index (χ4v) is 3.02. The standard InChI is InChI=1S/C19H22N2O3/c22-9-10-24-18-8-4-3-7-16(18)13-20-19(23)21-17-11-14-5-1-2-6-15(14)12-17/h1-8,17,22H,9-13H2,(H2,20,21,23). The maximum Gasteiger partial charge on any atom is 0.315 e. The molecule has 2 aromatic carbocycles. The number of aliphatic hydroxyl groups is 1. The van der Waals surface area contributed by atoms with E-state index in [4.69, 9.17) is 9.84 Å². The molecule has 3 N–H and O–H groups in total. The summed E-state index contributed by atoms with van der Waals surface area (Å²) in [6.07, 6.45) is 1.75. The Morgan fingerprint density at radius 1 is 1.08 bits per heavy atom. The highest BCUT2D eigenvalue weighted by molar-refractivity contribution is 5.74. The highest BCUT2D eigenvalue weighted by atomic mass is 16.5. The maximum atomic E-state index is 12.1. The summed E-state index contributed by atoms with van der Waals surface area (Å²) in [5.41, 5.74) is 3.51. The zero-order chi connectivity index (χ0) is 16.8. The third-order valence-electron chi connectivity index (χ3n) is 4.15. The predicted octanol–water partition coefficient (Wildman–Crippen LogP) is 2.02. The Hall–Kier alpha value is -2.53. The molecule has 0 spiro atoms. The van der Waals surface area contributed by atoms with Crippen molar-refractivity contribution in [1.29, 1.82) is 0 Å². The Bertz CT molecular complexity index is 678. The monoisotopic (exact) mass is 326 g/mol. The van der Waals surface area contributed by atoms with Gasteiger partial charge in [-0.1, -0.05) is 42.5 Å². The van der Waals surface area contributed by atoms with Crippen molar-refractivity contribution >= 4 is 6.03 Å². The van der Waals surface area contributed by atoms with Crippen LogP contribution >= 0.6 is 0 Å². The van der Waals surface area contributed by atoms with E-state index in [-0.39, 0.29) is 25.3 Å². The topological polar surface area (TPSA) is 70.6 Å². The maximum absolute atomic E-state index is 12.1. The number of hydrogen-bond acceptors (Lipinski definition) is 3. The van der Waals surface area contributed by atoms with E-state index in [1.54, 1.807) is 0 Å². The van der Waals surface area contributed by atoms with Gasteiger partial charge in [0.1, 0.15) is 12.4 Å². The van der Waals surface area contributed by atoms with E-state index >= 15 is 0 Å². The fraction of sp³-hybridized carbons (Fsp3) is 0.316. The van der Waals surface area contributed by atoms with Gasteiger partial charge in [-0.15, -0.1) is 0 Å². The minimum absolute atomic E-state index is 0.0372. The average Bonchev–Trinajstić information content (AvgIpc) is 3.01. The first-order valence-corrected chi connectivity index (χ1v) is 8.19. The largest absolute Gasteiger partial charge is 0.491 e. The molecule has 1 aliphatic carbocycles. The van der Waals surface area contributed by atoms with Crippen LogP contribution in [-0.2, 0) is 19.4 Å². The summed E-state index contributed by atoms with van der Waals surface area (Å²) in [5, 5.41) is 14.8. The molecular formula is C19H22N2O3. The summed E-state index contributed by atoms with van der Waals surface area (Å²) in [6, 6.07) is 15.8. The average molecular weight is 326 g/mol. The van der Waals surface area contributed by atoms with Crippen LogP contribution in [0.5, 0.6) is 5.75 Å². The Labute approximate surface area is 141 Å². The molecule has 1 aliphatic rings. The number of carbonyl (C=O) groups excluding carboxylic acids is 1. The number of urea groups is 1. The number of nitrogens with one attached hydrogen (secondary N) is 2. The van der Waals surface area contributed by atoms with E-state index in [0.29, 0.717) is 12.3 Å². The van der Waals surface area contributed by atoms with Crippen LogP contribution in [0.2, 0.25) is 0 Å². The van der Waals surface area contributed by atoms with E-state index in [0.717, 1.165) is 18.4 Å². The van der Waals surface area contributed by atoms with Gasteiger partial charge in [0.15, 0.2) is 0 Å². The normalized spacial score (nSPS) is 13.4. The lowest BCUT2D eigenvalue weighted by Crippen LogP contribution is -2.42. The second-order valence-corrected chi connectivity index (χ2v) is 5.88. The van der Waals surface area contributed by atoms with Crippen molar-refractivity contribution in [2.24, 2.45) is 0 Å². The molecule has 2 amide bonds. The second-order valence-electron chi connectivity index (χ2n) is 5.88. The Kier molecular flexibility index (Phi) is 5.33. The van der Waals surface area contributed by atoms with Crippen LogP contribution in [0, 0.1) is 0 Å².